The number of nitrogens with zero attached hydrogens (tertiary/aromatic N) is 1. The number of hydrogen-bond acceptors (Lipinski definition) is 3. The Kier molecular flexibility index (Phi) is 4.74. The van der Waals surface area contributed by atoms with Crippen molar-refractivity contribution in [2.24, 2.45) is 0 Å². The van der Waals surface area contributed by atoms with Gasteiger partial charge in [0.2, 0.25) is 0 Å². The summed E-state index contributed by atoms with van der Waals surface area (Å²) >= 11 is 0. The van der Waals surface area contributed by atoms with Gasteiger partial charge in [-0.25, -0.2) is 4.79 Å². The Morgan fingerprint density at radius 3 is 2.85 bits per heavy atom. The molecule has 0 aliphatic carbocycles. The highest BCUT2D eigenvalue weighted by atomic mass is 16.5. The van der Waals surface area contributed by atoms with Gasteiger partial charge in [-0.3, -0.25) is 4.79 Å². The quantitative estimate of drug-likeness (QED) is 0.894. The summed E-state index contributed by atoms with van der Waals surface area (Å²) in [7, 11) is 0. The Bertz CT molecular complexity index is 500. The summed E-state index contributed by atoms with van der Waals surface area (Å²) in [6, 6.07) is 6.27. The molecule has 5 heteroatoms. The van der Waals surface area contributed by atoms with E-state index in [1.807, 2.05) is 6.92 Å². The van der Waals surface area contributed by atoms with Gasteiger partial charge in [-0.05, 0) is 38.0 Å². The minimum atomic E-state index is -1.02. The van der Waals surface area contributed by atoms with E-state index in [2.05, 4.69) is 0 Å². The van der Waals surface area contributed by atoms with Crippen LogP contribution in [-0.2, 0) is 4.74 Å². The highest BCUT2D eigenvalue weighted by Gasteiger charge is 2.29. The van der Waals surface area contributed by atoms with Gasteiger partial charge < -0.3 is 14.7 Å². The van der Waals surface area contributed by atoms with Gasteiger partial charge in [0.25, 0.3) is 5.91 Å². The summed E-state index contributed by atoms with van der Waals surface area (Å²) in [5.74, 6) is -1.14. The number of carbonyl (C=O) groups excluding carboxylic acids is 1. The van der Waals surface area contributed by atoms with Crippen molar-refractivity contribution in [1.82, 2.24) is 4.90 Å². The van der Waals surface area contributed by atoms with Crippen LogP contribution in [0.1, 0.15) is 40.5 Å². The van der Waals surface area contributed by atoms with E-state index in [0.717, 1.165) is 12.8 Å². The van der Waals surface area contributed by atoms with Crippen LogP contribution < -0.4 is 0 Å². The lowest BCUT2D eigenvalue weighted by atomic mass is 10.1. The van der Waals surface area contributed by atoms with Gasteiger partial charge in [-0.1, -0.05) is 6.07 Å². The third kappa shape index (κ3) is 3.17. The predicted octanol–water partition coefficient (Wildman–Crippen LogP) is 2.03. The van der Waals surface area contributed by atoms with Gasteiger partial charge in [0.1, 0.15) is 0 Å². The Labute approximate surface area is 118 Å². The van der Waals surface area contributed by atoms with E-state index in [1.54, 1.807) is 17.0 Å². The molecule has 0 spiro atoms. The van der Waals surface area contributed by atoms with Gasteiger partial charge >= 0.3 is 5.97 Å². The zero-order chi connectivity index (χ0) is 14.5. The van der Waals surface area contributed by atoms with E-state index in [0.29, 0.717) is 25.3 Å². The average molecular weight is 277 g/mol. The normalized spacial score (nSPS) is 18.2. The molecule has 1 aliphatic heterocycles. The van der Waals surface area contributed by atoms with Crippen molar-refractivity contribution >= 4 is 11.9 Å². The molecular formula is C15H19NO4. The molecule has 2 rings (SSSR count). The second kappa shape index (κ2) is 6.52. The van der Waals surface area contributed by atoms with E-state index in [9.17, 15) is 9.59 Å². The van der Waals surface area contributed by atoms with Crippen molar-refractivity contribution in [1.29, 1.82) is 0 Å². The molecule has 1 amide bonds. The minimum absolute atomic E-state index is 0.0935. The predicted molar refractivity (Wildman–Crippen MR) is 74.0 cm³/mol. The molecule has 0 bridgehead atoms. The number of carboxylic acid groups (broad SMARTS) is 1. The Morgan fingerprint density at radius 2 is 2.15 bits per heavy atom. The first-order valence-corrected chi connectivity index (χ1v) is 6.85. The maximum Gasteiger partial charge on any atom is 0.335 e. The molecule has 108 valence electrons. The number of benzene rings is 1. The largest absolute Gasteiger partial charge is 0.478 e. The molecule has 1 fully saturated rings. The van der Waals surface area contributed by atoms with Crippen molar-refractivity contribution in [3.05, 3.63) is 35.4 Å². The Balaban J connectivity index is 2.13. The molecule has 20 heavy (non-hydrogen) atoms. The number of carboxylic acids is 1. The van der Waals surface area contributed by atoms with Crippen molar-refractivity contribution < 1.29 is 19.4 Å². The van der Waals surface area contributed by atoms with Gasteiger partial charge in [0.05, 0.1) is 18.2 Å². The average Bonchev–Trinajstić information content (AvgIpc) is 2.92. The number of ether oxygens (including phenoxy) is 1. The van der Waals surface area contributed by atoms with Crippen LogP contribution in [0.3, 0.4) is 0 Å². The fraction of sp³-hybridized carbons (Fsp3) is 0.467. The lowest BCUT2D eigenvalue weighted by Crippen LogP contribution is -2.38. The summed E-state index contributed by atoms with van der Waals surface area (Å²) in [4.78, 5) is 25.2. The highest BCUT2D eigenvalue weighted by molar-refractivity contribution is 5.97. The van der Waals surface area contributed by atoms with E-state index in [1.165, 1.54) is 12.1 Å². The lowest BCUT2D eigenvalue weighted by molar-refractivity contribution is 0.0564. The van der Waals surface area contributed by atoms with Crippen LogP contribution in [0.15, 0.2) is 24.3 Å². The summed E-state index contributed by atoms with van der Waals surface area (Å²) in [5.41, 5.74) is 0.560. The first-order chi connectivity index (χ1) is 9.63. The van der Waals surface area contributed by atoms with Crippen molar-refractivity contribution in [3.8, 4) is 0 Å². The fourth-order valence-electron chi connectivity index (χ4n) is 2.48. The molecule has 1 atom stereocenters. The summed E-state index contributed by atoms with van der Waals surface area (Å²) in [6.07, 6.45) is 1.90. The molecule has 1 unspecified atom stereocenters. The van der Waals surface area contributed by atoms with Gasteiger partial charge in [0.15, 0.2) is 0 Å². The van der Waals surface area contributed by atoms with Crippen LogP contribution in [0.4, 0.5) is 0 Å². The van der Waals surface area contributed by atoms with Gasteiger partial charge in [0, 0.05) is 18.7 Å². The number of amides is 1. The zero-order valence-electron chi connectivity index (χ0n) is 11.5. The number of rotatable bonds is 5. The summed E-state index contributed by atoms with van der Waals surface area (Å²) < 4.78 is 5.41. The maximum absolute atomic E-state index is 12.5. The molecule has 0 radical (unpaired) electrons. The Morgan fingerprint density at radius 1 is 1.40 bits per heavy atom. The first-order valence-electron chi connectivity index (χ1n) is 6.85. The van der Waals surface area contributed by atoms with Crippen LogP contribution >= 0.6 is 0 Å². The first kappa shape index (κ1) is 14.5. The standard InChI is InChI=1S/C15H19NO4/c1-2-20-10-13-7-4-8-16(13)14(17)11-5-3-6-12(9-11)15(18)19/h3,5-6,9,13H,2,4,7-8,10H2,1H3,(H,18,19). The molecule has 1 aromatic rings. The van der Waals surface area contributed by atoms with Crippen LogP contribution in [0.25, 0.3) is 0 Å². The van der Waals surface area contributed by atoms with Crippen LogP contribution in [0, 0.1) is 0 Å². The fourth-order valence-corrected chi connectivity index (χ4v) is 2.48. The molecule has 1 aliphatic rings. The van der Waals surface area contributed by atoms with Crippen LogP contribution in [0.5, 0.6) is 0 Å². The van der Waals surface area contributed by atoms with Crippen LogP contribution in [0.2, 0.25) is 0 Å². The molecular weight excluding hydrogens is 258 g/mol. The van der Waals surface area contributed by atoms with E-state index >= 15 is 0 Å². The third-order valence-electron chi connectivity index (χ3n) is 3.51. The SMILES string of the molecule is CCOCC1CCCN1C(=O)c1cccc(C(=O)O)c1. The van der Waals surface area contributed by atoms with Crippen LogP contribution in [-0.4, -0.2) is 47.7 Å². The molecule has 1 heterocycles. The maximum atomic E-state index is 12.5. The van der Waals surface area contributed by atoms with E-state index < -0.39 is 5.97 Å². The third-order valence-corrected chi connectivity index (χ3v) is 3.51. The molecule has 0 saturated carbocycles. The topological polar surface area (TPSA) is 66.8 Å². The summed E-state index contributed by atoms with van der Waals surface area (Å²) in [6.45, 7) is 3.80. The van der Waals surface area contributed by atoms with Crippen molar-refractivity contribution in [2.45, 2.75) is 25.8 Å². The smallest absolute Gasteiger partial charge is 0.335 e. The van der Waals surface area contributed by atoms with Crippen molar-refractivity contribution in [2.75, 3.05) is 19.8 Å². The number of aromatic carboxylic acids is 1. The second-order valence-electron chi connectivity index (χ2n) is 4.84. The number of likely N-dealkylation sites (tertiary alicyclic amines) is 1. The Hall–Kier alpha value is -1.88. The minimum Gasteiger partial charge on any atom is -0.478 e. The molecule has 1 saturated heterocycles. The van der Waals surface area contributed by atoms with Gasteiger partial charge in [-0.2, -0.15) is 0 Å². The molecule has 1 aromatic carbocycles. The summed E-state index contributed by atoms with van der Waals surface area (Å²) in [5, 5.41) is 8.98. The molecule has 5 nitrogen and oxygen atoms in total. The molecule has 0 aromatic heterocycles. The monoisotopic (exact) mass is 277 g/mol. The number of hydrogen-bond donors (Lipinski definition) is 1. The number of carbonyl (C=O) groups is 2. The second-order valence-corrected chi connectivity index (χ2v) is 4.84. The van der Waals surface area contributed by atoms with Crippen molar-refractivity contribution in [3.63, 3.8) is 0 Å². The zero-order valence-corrected chi connectivity index (χ0v) is 11.5. The van der Waals surface area contributed by atoms with E-state index in [4.69, 9.17) is 9.84 Å². The van der Waals surface area contributed by atoms with Gasteiger partial charge in [-0.15, -0.1) is 0 Å². The van der Waals surface area contributed by atoms with E-state index in [-0.39, 0.29) is 17.5 Å². The lowest BCUT2D eigenvalue weighted by Gasteiger charge is -2.24. The highest BCUT2D eigenvalue weighted by Crippen LogP contribution is 2.21. The molecule has 1 N–H and O–H groups in total.